The largest absolute Gasteiger partial charge is 0.506 e. The molecule has 0 amide bonds. The maximum absolute atomic E-state index is 9.57. The quantitative estimate of drug-likeness (QED) is 0.726. The van der Waals surface area contributed by atoms with Crippen molar-refractivity contribution in [2.24, 2.45) is 0 Å². The second kappa shape index (κ2) is 3.68. The van der Waals surface area contributed by atoms with E-state index in [-0.39, 0.29) is 5.75 Å². The number of nitrogens with zero attached hydrogens (tertiary/aromatic N) is 1. The topological polar surface area (TPSA) is 33.1 Å². The second-order valence-electron chi connectivity index (χ2n) is 2.89. The smallest absolute Gasteiger partial charge is 0.141 e. The number of rotatable bonds is 1. The van der Waals surface area contributed by atoms with E-state index in [1.54, 1.807) is 6.07 Å². The van der Waals surface area contributed by atoms with Crippen LogP contribution in [0.1, 0.15) is 0 Å². The normalized spacial score (nSPS) is 10.1. The zero-order valence-corrected chi connectivity index (χ0v) is 8.07. The molecule has 1 heterocycles. The highest BCUT2D eigenvalue weighted by Crippen LogP contribution is 2.29. The Morgan fingerprint density at radius 1 is 1.14 bits per heavy atom. The van der Waals surface area contributed by atoms with E-state index in [0.29, 0.717) is 10.7 Å². The third-order valence-corrected chi connectivity index (χ3v) is 2.14. The second-order valence-corrected chi connectivity index (χ2v) is 3.28. The summed E-state index contributed by atoms with van der Waals surface area (Å²) in [5.41, 5.74) is 1.62. The van der Waals surface area contributed by atoms with Gasteiger partial charge >= 0.3 is 0 Å². The van der Waals surface area contributed by atoms with Crippen LogP contribution in [-0.2, 0) is 0 Å². The molecule has 0 bridgehead atoms. The van der Waals surface area contributed by atoms with E-state index in [4.69, 9.17) is 11.6 Å². The summed E-state index contributed by atoms with van der Waals surface area (Å²) < 4.78 is 0. The molecule has 2 nitrogen and oxygen atoms in total. The maximum atomic E-state index is 9.57. The summed E-state index contributed by atoms with van der Waals surface area (Å²) >= 11 is 5.74. The monoisotopic (exact) mass is 205 g/mol. The summed E-state index contributed by atoms with van der Waals surface area (Å²) in [4.78, 5) is 3.78. The average Bonchev–Trinajstić information content (AvgIpc) is 2.23. The Kier molecular flexibility index (Phi) is 2.37. The fraction of sp³-hybridized carbons (Fsp3) is 0. The van der Waals surface area contributed by atoms with E-state index in [2.05, 4.69) is 4.98 Å². The maximum Gasteiger partial charge on any atom is 0.141 e. The highest BCUT2D eigenvalue weighted by Gasteiger charge is 2.04. The lowest BCUT2D eigenvalue weighted by Gasteiger charge is -2.03. The van der Waals surface area contributed by atoms with Crippen molar-refractivity contribution in [3.8, 4) is 16.9 Å². The number of hydrogen-bond donors (Lipinski definition) is 1. The minimum Gasteiger partial charge on any atom is -0.506 e. The van der Waals surface area contributed by atoms with Crippen LogP contribution in [0.4, 0.5) is 0 Å². The summed E-state index contributed by atoms with van der Waals surface area (Å²) in [5, 5.41) is 9.94. The Bertz CT molecular complexity index is 442. The van der Waals surface area contributed by atoms with Crippen LogP contribution in [0, 0.1) is 0 Å². The van der Waals surface area contributed by atoms with E-state index in [1.807, 2.05) is 30.3 Å². The van der Waals surface area contributed by atoms with Gasteiger partial charge in [-0.3, -0.25) is 0 Å². The zero-order valence-electron chi connectivity index (χ0n) is 7.31. The van der Waals surface area contributed by atoms with Gasteiger partial charge in [0.05, 0.1) is 6.20 Å². The predicted octanol–water partition coefficient (Wildman–Crippen LogP) is 3.11. The first-order chi connectivity index (χ1) is 6.77. The molecule has 0 fully saturated rings. The van der Waals surface area contributed by atoms with Crippen LogP contribution in [0.15, 0.2) is 42.6 Å². The van der Waals surface area contributed by atoms with Gasteiger partial charge in [-0.25, -0.2) is 4.98 Å². The van der Waals surface area contributed by atoms with E-state index in [1.165, 1.54) is 6.20 Å². The molecular weight excluding hydrogens is 198 g/mol. The van der Waals surface area contributed by atoms with E-state index < -0.39 is 0 Å². The van der Waals surface area contributed by atoms with Gasteiger partial charge in [0.25, 0.3) is 0 Å². The number of hydrogen-bond acceptors (Lipinski definition) is 2. The van der Waals surface area contributed by atoms with Crippen LogP contribution in [-0.4, -0.2) is 10.1 Å². The van der Waals surface area contributed by atoms with Gasteiger partial charge in [-0.2, -0.15) is 0 Å². The molecule has 0 spiro atoms. The van der Waals surface area contributed by atoms with Gasteiger partial charge in [0.1, 0.15) is 10.9 Å². The number of pyridine rings is 1. The van der Waals surface area contributed by atoms with Crippen LogP contribution in [0.2, 0.25) is 5.15 Å². The molecule has 1 N–H and O–H groups in total. The molecular formula is C11H8ClNO. The first-order valence-corrected chi connectivity index (χ1v) is 4.55. The average molecular weight is 206 g/mol. The fourth-order valence-corrected chi connectivity index (χ4v) is 1.43. The van der Waals surface area contributed by atoms with E-state index in [0.717, 1.165) is 5.56 Å². The molecule has 0 aliphatic heterocycles. The number of halogens is 1. The van der Waals surface area contributed by atoms with Crippen molar-refractivity contribution in [2.45, 2.75) is 0 Å². The SMILES string of the molecule is Oc1cnc(Cl)cc1-c1ccccc1. The third kappa shape index (κ3) is 1.70. The lowest BCUT2D eigenvalue weighted by atomic mass is 10.1. The molecule has 1 aromatic heterocycles. The minimum absolute atomic E-state index is 0.139. The Morgan fingerprint density at radius 2 is 1.86 bits per heavy atom. The third-order valence-electron chi connectivity index (χ3n) is 1.93. The van der Waals surface area contributed by atoms with Gasteiger partial charge in [0.2, 0.25) is 0 Å². The molecule has 0 unspecified atom stereocenters. The molecule has 3 heteroatoms. The summed E-state index contributed by atoms with van der Waals surface area (Å²) in [6.07, 6.45) is 1.35. The van der Waals surface area contributed by atoms with Crippen LogP contribution < -0.4 is 0 Å². The molecule has 2 rings (SSSR count). The standard InChI is InChI=1S/C11H8ClNO/c12-11-6-9(10(14)7-13-11)8-4-2-1-3-5-8/h1-7,14H. The van der Waals surface area contributed by atoms with Gasteiger partial charge in [-0.15, -0.1) is 0 Å². The molecule has 0 aliphatic carbocycles. The van der Waals surface area contributed by atoms with Crippen molar-refractivity contribution in [2.75, 3.05) is 0 Å². The van der Waals surface area contributed by atoms with Gasteiger partial charge in [-0.1, -0.05) is 41.9 Å². The molecule has 0 atom stereocenters. The van der Waals surface area contributed by atoms with Crippen molar-refractivity contribution in [3.63, 3.8) is 0 Å². The first kappa shape index (κ1) is 9.03. The Labute approximate surface area is 86.8 Å². The minimum atomic E-state index is 0.139. The summed E-state index contributed by atoms with van der Waals surface area (Å²) in [7, 11) is 0. The summed E-state index contributed by atoms with van der Waals surface area (Å²) in [6, 6.07) is 11.2. The highest BCUT2D eigenvalue weighted by molar-refractivity contribution is 6.29. The summed E-state index contributed by atoms with van der Waals surface area (Å²) in [5.74, 6) is 0.139. The Hall–Kier alpha value is -1.54. The van der Waals surface area contributed by atoms with E-state index >= 15 is 0 Å². The van der Waals surface area contributed by atoms with Gasteiger partial charge in [0.15, 0.2) is 0 Å². The lowest BCUT2D eigenvalue weighted by Crippen LogP contribution is -1.81. The Morgan fingerprint density at radius 3 is 2.57 bits per heavy atom. The number of aromatic nitrogens is 1. The van der Waals surface area contributed by atoms with E-state index in [9.17, 15) is 5.11 Å². The summed E-state index contributed by atoms with van der Waals surface area (Å²) in [6.45, 7) is 0. The molecule has 70 valence electrons. The van der Waals surface area contributed by atoms with Crippen LogP contribution in [0.5, 0.6) is 5.75 Å². The van der Waals surface area contributed by atoms with Crippen LogP contribution in [0.3, 0.4) is 0 Å². The van der Waals surface area contributed by atoms with Crippen molar-refractivity contribution in [1.29, 1.82) is 0 Å². The zero-order chi connectivity index (χ0) is 9.97. The predicted molar refractivity (Wildman–Crippen MR) is 56.3 cm³/mol. The lowest BCUT2D eigenvalue weighted by molar-refractivity contribution is 0.475. The highest BCUT2D eigenvalue weighted by atomic mass is 35.5. The molecule has 0 saturated heterocycles. The van der Waals surface area contributed by atoms with Crippen LogP contribution >= 0.6 is 11.6 Å². The van der Waals surface area contributed by atoms with Crippen molar-refractivity contribution >= 4 is 11.6 Å². The van der Waals surface area contributed by atoms with Gasteiger partial charge < -0.3 is 5.11 Å². The molecule has 0 radical (unpaired) electrons. The van der Waals surface area contributed by atoms with Crippen molar-refractivity contribution in [1.82, 2.24) is 4.98 Å². The fourth-order valence-electron chi connectivity index (χ4n) is 1.27. The molecule has 0 aliphatic rings. The Balaban J connectivity index is 2.57. The van der Waals surface area contributed by atoms with Crippen molar-refractivity contribution in [3.05, 3.63) is 47.7 Å². The first-order valence-electron chi connectivity index (χ1n) is 4.17. The molecule has 0 saturated carbocycles. The van der Waals surface area contributed by atoms with Crippen molar-refractivity contribution < 1.29 is 5.11 Å². The number of aromatic hydroxyl groups is 1. The van der Waals surface area contributed by atoms with Gasteiger partial charge in [-0.05, 0) is 11.6 Å². The molecule has 14 heavy (non-hydrogen) atoms. The molecule has 1 aromatic carbocycles. The molecule has 2 aromatic rings. The van der Waals surface area contributed by atoms with Gasteiger partial charge in [0, 0.05) is 5.56 Å². The van der Waals surface area contributed by atoms with Crippen LogP contribution in [0.25, 0.3) is 11.1 Å². The number of benzene rings is 1.